The van der Waals surface area contributed by atoms with Crippen LogP contribution in [0.15, 0.2) is 0 Å². The van der Waals surface area contributed by atoms with Gasteiger partial charge in [0.25, 0.3) is 0 Å². The third kappa shape index (κ3) is 5.02. The Balaban J connectivity index is 4.87. The summed E-state index contributed by atoms with van der Waals surface area (Å²) in [5.41, 5.74) is 5.09. The largest absolute Gasteiger partial charge is 0.405 e. The summed E-state index contributed by atoms with van der Waals surface area (Å²) in [6, 6.07) is -3.69. The maximum absolute atomic E-state index is 12.5. The Hall–Kier alpha value is -0.500. The number of halogens is 6. The fourth-order valence-corrected chi connectivity index (χ4v) is 1.47. The highest BCUT2D eigenvalue weighted by molar-refractivity contribution is 4.86. The molecule has 0 spiro atoms. The lowest BCUT2D eigenvalue weighted by Gasteiger charge is -2.34. The van der Waals surface area contributed by atoms with Crippen LogP contribution in [0.3, 0.4) is 0 Å². The van der Waals surface area contributed by atoms with Crippen molar-refractivity contribution in [1.82, 2.24) is 4.90 Å². The third-order valence-electron chi connectivity index (χ3n) is 2.02. The average Bonchev–Trinajstić information content (AvgIpc) is 1.96. The number of rotatable bonds is 4. The quantitative estimate of drug-likeness (QED) is 0.777. The van der Waals surface area contributed by atoms with Crippen molar-refractivity contribution < 1.29 is 26.3 Å². The van der Waals surface area contributed by atoms with Crippen molar-refractivity contribution in [3.63, 3.8) is 0 Å². The third-order valence-corrected chi connectivity index (χ3v) is 2.02. The topological polar surface area (TPSA) is 29.3 Å². The van der Waals surface area contributed by atoms with Crippen LogP contribution in [0.2, 0.25) is 0 Å². The summed E-state index contributed by atoms with van der Waals surface area (Å²) < 4.78 is 73.6. The zero-order chi connectivity index (χ0) is 13.1. The SMILES string of the molecule is CCN(CC(F)(F)F)C(C(C)N)C(F)(F)F. The number of likely N-dealkylation sites (N-methyl/N-ethyl adjacent to an activating group) is 1. The molecular weight excluding hydrogens is 238 g/mol. The van der Waals surface area contributed by atoms with E-state index in [2.05, 4.69) is 0 Å². The summed E-state index contributed by atoms with van der Waals surface area (Å²) in [4.78, 5) is 0.282. The lowest BCUT2D eigenvalue weighted by molar-refractivity contribution is -0.211. The minimum absolute atomic E-state index is 0.282. The van der Waals surface area contributed by atoms with Gasteiger partial charge in [0.2, 0.25) is 0 Å². The maximum Gasteiger partial charge on any atom is 0.405 e. The molecule has 0 saturated carbocycles. The predicted molar refractivity (Wildman–Crippen MR) is 46.8 cm³/mol. The first kappa shape index (κ1) is 15.5. The first-order chi connectivity index (χ1) is 6.99. The molecule has 2 nitrogen and oxygen atoms in total. The predicted octanol–water partition coefficient (Wildman–Crippen LogP) is 2.15. The molecule has 0 aliphatic heterocycles. The van der Waals surface area contributed by atoms with E-state index in [4.69, 9.17) is 5.73 Å². The summed E-state index contributed by atoms with van der Waals surface area (Å²) in [7, 11) is 0. The Morgan fingerprint density at radius 1 is 1.12 bits per heavy atom. The molecule has 2 N–H and O–H groups in total. The molecule has 0 saturated heterocycles. The first-order valence-corrected chi connectivity index (χ1v) is 4.62. The van der Waals surface area contributed by atoms with Gasteiger partial charge in [-0.1, -0.05) is 6.92 Å². The van der Waals surface area contributed by atoms with Gasteiger partial charge in [0.15, 0.2) is 0 Å². The van der Waals surface area contributed by atoms with Gasteiger partial charge < -0.3 is 5.73 Å². The maximum atomic E-state index is 12.5. The van der Waals surface area contributed by atoms with Crippen LogP contribution >= 0.6 is 0 Å². The summed E-state index contributed by atoms with van der Waals surface area (Å²) in [6.07, 6.45) is -9.44. The molecule has 0 fully saturated rings. The van der Waals surface area contributed by atoms with Gasteiger partial charge in [-0.05, 0) is 13.5 Å². The molecule has 98 valence electrons. The number of alkyl halides is 6. The van der Waals surface area contributed by atoms with Crippen LogP contribution in [-0.2, 0) is 0 Å². The lowest BCUT2D eigenvalue weighted by Crippen LogP contribution is -2.57. The second-order valence-corrected chi connectivity index (χ2v) is 3.52. The van der Waals surface area contributed by atoms with Gasteiger partial charge in [-0.25, -0.2) is 0 Å². The van der Waals surface area contributed by atoms with E-state index < -0.39 is 31.0 Å². The zero-order valence-corrected chi connectivity index (χ0v) is 8.86. The molecule has 0 aromatic heterocycles. The van der Waals surface area contributed by atoms with Crippen molar-refractivity contribution in [3.05, 3.63) is 0 Å². The molecule has 0 aromatic carbocycles. The molecule has 0 aliphatic rings. The van der Waals surface area contributed by atoms with E-state index in [0.29, 0.717) is 0 Å². The Bertz CT molecular complexity index is 210. The second-order valence-electron chi connectivity index (χ2n) is 3.52. The van der Waals surface area contributed by atoms with E-state index in [0.717, 1.165) is 6.92 Å². The Kier molecular flexibility index (Phi) is 5.06. The molecular formula is C8H14F6N2. The minimum atomic E-state index is -4.77. The number of nitrogens with zero attached hydrogens (tertiary/aromatic N) is 1. The summed E-state index contributed by atoms with van der Waals surface area (Å²) in [5.74, 6) is 0. The van der Waals surface area contributed by atoms with Gasteiger partial charge >= 0.3 is 12.4 Å². The normalized spacial score (nSPS) is 17.6. The Morgan fingerprint density at radius 2 is 1.56 bits per heavy atom. The van der Waals surface area contributed by atoms with Gasteiger partial charge in [0, 0.05) is 6.04 Å². The summed E-state index contributed by atoms with van der Waals surface area (Å²) >= 11 is 0. The molecule has 0 radical (unpaired) electrons. The van der Waals surface area contributed by atoms with Crippen LogP contribution in [0.5, 0.6) is 0 Å². The van der Waals surface area contributed by atoms with Crippen LogP contribution in [0.25, 0.3) is 0 Å². The van der Waals surface area contributed by atoms with Crippen molar-refractivity contribution in [2.24, 2.45) is 5.73 Å². The molecule has 8 heteroatoms. The van der Waals surface area contributed by atoms with Gasteiger partial charge in [0.05, 0.1) is 6.54 Å². The minimum Gasteiger partial charge on any atom is -0.326 e. The zero-order valence-electron chi connectivity index (χ0n) is 8.86. The van der Waals surface area contributed by atoms with Crippen molar-refractivity contribution in [2.75, 3.05) is 13.1 Å². The molecule has 0 heterocycles. The van der Waals surface area contributed by atoms with Crippen molar-refractivity contribution in [3.8, 4) is 0 Å². The molecule has 0 aliphatic carbocycles. The highest BCUT2D eigenvalue weighted by Gasteiger charge is 2.48. The van der Waals surface area contributed by atoms with Crippen LogP contribution < -0.4 is 5.73 Å². The molecule has 2 unspecified atom stereocenters. The highest BCUT2D eigenvalue weighted by atomic mass is 19.4. The molecule has 0 rings (SSSR count). The van der Waals surface area contributed by atoms with Crippen LogP contribution in [0, 0.1) is 0 Å². The first-order valence-electron chi connectivity index (χ1n) is 4.62. The monoisotopic (exact) mass is 252 g/mol. The Morgan fingerprint density at radius 3 is 1.75 bits per heavy atom. The number of hydrogen-bond donors (Lipinski definition) is 1. The van der Waals surface area contributed by atoms with Gasteiger partial charge in [-0.15, -0.1) is 0 Å². The fourth-order valence-electron chi connectivity index (χ4n) is 1.47. The molecule has 0 bridgehead atoms. The van der Waals surface area contributed by atoms with Crippen LogP contribution in [-0.4, -0.2) is 42.4 Å². The van der Waals surface area contributed by atoms with Gasteiger partial charge in [-0.3, -0.25) is 4.90 Å². The second kappa shape index (κ2) is 5.22. The average molecular weight is 252 g/mol. The standard InChI is InChI=1S/C8H14F6N2/c1-3-16(4-7(9,10)11)6(5(2)15)8(12,13)14/h5-6H,3-4,15H2,1-2H3. The highest BCUT2D eigenvalue weighted by Crippen LogP contribution is 2.29. The van der Waals surface area contributed by atoms with E-state index in [1.807, 2.05) is 0 Å². The summed E-state index contributed by atoms with van der Waals surface area (Å²) in [5, 5.41) is 0. The van der Waals surface area contributed by atoms with E-state index in [9.17, 15) is 26.3 Å². The van der Waals surface area contributed by atoms with E-state index in [1.54, 1.807) is 0 Å². The smallest absolute Gasteiger partial charge is 0.326 e. The van der Waals surface area contributed by atoms with Crippen molar-refractivity contribution in [2.45, 2.75) is 38.3 Å². The van der Waals surface area contributed by atoms with Crippen LogP contribution in [0.1, 0.15) is 13.8 Å². The van der Waals surface area contributed by atoms with Gasteiger partial charge in [0.1, 0.15) is 6.04 Å². The van der Waals surface area contributed by atoms with E-state index >= 15 is 0 Å². The van der Waals surface area contributed by atoms with Crippen molar-refractivity contribution >= 4 is 0 Å². The number of nitrogens with two attached hydrogens (primary N) is 1. The van der Waals surface area contributed by atoms with E-state index in [1.165, 1.54) is 6.92 Å². The molecule has 0 amide bonds. The Labute approximate surface area is 89.4 Å². The molecule has 0 aromatic rings. The number of hydrogen-bond acceptors (Lipinski definition) is 2. The van der Waals surface area contributed by atoms with Gasteiger partial charge in [-0.2, -0.15) is 26.3 Å². The molecule has 16 heavy (non-hydrogen) atoms. The fraction of sp³-hybridized carbons (Fsp3) is 1.00. The molecule has 2 atom stereocenters. The van der Waals surface area contributed by atoms with E-state index in [-0.39, 0.29) is 11.4 Å². The lowest BCUT2D eigenvalue weighted by atomic mass is 10.1. The van der Waals surface area contributed by atoms with Crippen LogP contribution in [0.4, 0.5) is 26.3 Å². The van der Waals surface area contributed by atoms with Crippen molar-refractivity contribution in [1.29, 1.82) is 0 Å². The summed E-state index contributed by atoms with van der Waals surface area (Å²) in [6.45, 7) is 0.282.